The van der Waals surface area contributed by atoms with Gasteiger partial charge in [-0.2, -0.15) is 0 Å². The molecule has 0 fully saturated rings. The van der Waals surface area contributed by atoms with E-state index in [1.807, 2.05) is 45.0 Å². The third kappa shape index (κ3) is 2.59. The summed E-state index contributed by atoms with van der Waals surface area (Å²) in [5.41, 5.74) is 2.11. The second kappa shape index (κ2) is 5.12. The minimum Gasteiger partial charge on any atom is -0.477 e. The highest BCUT2D eigenvalue weighted by Gasteiger charge is 2.31. The van der Waals surface area contributed by atoms with E-state index < -0.39 is 11.4 Å². The summed E-state index contributed by atoms with van der Waals surface area (Å²) in [6, 6.07) is 7.73. The van der Waals surface area contributed by atoms with Crippen molar-refractivity contribution >= 4 is 5.97 Å². The number of aryl methyl sites for hydroxylation is 1. The number of nitrogens with zero attached hydrogens (tertiary/aromatic N) is 1. The lowest BCUT2D eigenvalue weighted by molar-refractivity contribution is 0.0693. The fraction of sp³-hybridized carbons (Fsp3) is 0.375. The average Bonchev–Trinajstić information content (AvgIpc) is 2.83. The van der Waals surface area contributed by atoms with Gasteiger partial charge in [-0.1, -0.05) is 57.1 Å². The molecule has 0 saturated carbocycles. The van der Waals surface area contributed by atoms with Gasteiger partial charge in [0.1, 0.15) is 11.3 Å². The predicted octanol–water partition coefficient (Wildman–Crippen LogP) is 3.90. The van der Waals surface area contributed by atoms with Crippen molar-refractivity contribution in [3.63, 3.8) is 0 Å². The molecule has 106 valence electrons. The third-order valence-corrected chi connectivity index (χ3v) is 3.22. The summed E-state index contributed by atoms with van der Waals surface area (Å²) in [4.78, 5) is 11.5. The van der Waals surface area contributed by atoms with Gasteiger partial charge in [0, 0.05) is 11.0 Å². The Balaban J connectivity index is 2.56. The van der Waals surface area contributed by atoms with Gasteiger partial charge in [-0.05, 0) is 12.0 Å². The molecule has 0 aliphatic carbocycles. The van der Waals surface area contributed by atoms with Gasteiger partial charge in [-0.25, -0.2) is 4.79 Å². The van der Waals surface area contributed by atoms with Crippen molar-refractivity contribution in [1.82, 2.24) is 5.16 Å². The fourth-order valence-corrected chi connectivity index (χ4v) is 2.10. The van der Waals surface area contributed by atoms with Gasteiger partial charge < -0.3 is 9.63 Å². The smallest absolute Gasteiger partial charge is 0.341 e. The number of carbonyl (C=O) groups is 1. The first-order valence-corrected chi connectivity index (χ1v) is 6.67. The van der Waals surface area contributed by atoms with Gasteiger partial charge in [0.15, 0.2) is 5.76 Å². The van der Waals surface area contributed by atoms with Crippen LogP contribution in [0.1, 0.15) is 49.4 Å². The molecule has 0 amide bonds. The van der Waals surface area contributed by atoms with E-state index in [9.17, 15) is 9.90 Å². The van der Waals surface area contributed by atoms with E-state index in [1.54, 1.807) is 0 Å². The highest BCUT2D eigenvalue weighted by Crippen LogP contribution is 2.33. The number of carboxylic acids is 1. The zero-order chi connectivity index (χ0) is 14.9. The van der Waals surface area contributed by atoms with Crippen LogP contribution in [0, 0.1) is 0 Å². The van der Waals surface area contributed by atoms with E-state index in [-0.39, 0.29) is 5.56 Å². The number of hydrogen-bond donors (Lipinski definition) is 1. The molecule has 1 heterocycles. The van der Waals surface area contributed by atoms with E-state index in [4.69, 9.17) is 4.52 Å². The molecule has 4 heteroatoms. The quantitative estimate of drug-likeness (QED) is 0.921. The molecular weight excluding hydrogens is 254 g/mol. The minimum absolute atomic E-state index is 0.154. The number of aromatic nitrogens is 1. The molecule has 0 radical (unpaired) electrons. The Morgan fingerprint density at radius 3 is 2.30 bits per heavy atom. The first-order chi connectivity index (χ1) is 9.34. The first kappa shape index (κ1) is 14.3. The van der Waals surface area contributed by atoms with Gasteiger partial charge in [-0.15, -0.1) is 0 Å². The van der Waals surface area contributed by atoms with Gasteiger partial charge in [-0.3, -0.25) is 0 Å². The highest BCUT2D eigenvalue weighted by molar-refractivity contribution is 5.96. The van der Waals surface area contributed by atoms with Crippen molar-refractivity contribution in [2.45, 2.75) is 39.5 Å². The van der Waals surface area contributed by atoms with Crippen LogP contribution in [-0.2, 0) is 11.8 Å². The van der Waals surface area contributed by atoms with Gasteiger partial charge in [0.25, 0.3) is 0 Å². The largest absolute Gasteiger partial charge is 0.477 e. The standard InChI is InChI=1S/C16H19NO3/c1-5-10-6-8-11(9-7-10)13-12(15(18)19)14(20-17-13)16(2,3)4/h6-9H,5H2,1-4H3,(H,18,19). The molecule has 0 spiro atoms. The summed E-state index contributed by atoms with van der Waals surface area (Å²) in [6.07, 6.45) is 0.943. The SMILES string of the molecule is CCc1ccc(-c2noc(C(C)(C)C)c2C(=O)O)cc1. The highest BCUT2D eigenvalue weighted by atomic mass is 16.5. The maximum atomic E-state index is 11.5. The molecule has 0 aliphatic rings. The summed E-state index contributed by atoms with van der Waals surface area (Å²) in [5, 5.41) is 13.4. The van der Waals surface area contributed by atoms with E-state index in [0.29, 0.717) is 11.5 Å². The van der Waals surface area contributed by atoms with Gasteiger partial charge in [0.05, 0.1) is 0 Å². The summed E-state index contributed by atoms with van der Waals surface area (Å²) >= 11 is 0. The molecule has 2 aromatic rings. The Labute approximate surface area is 118 Å². The lowest BCUT2D eigenvalue weighted by Gasteiger charge is -2.14. The Bertz CT molecular complexity index is 618. The molecule has 1 N–H and O–H groups in total. The van der Waals surface area contributed by atoms with Crippen molar-refractivity contribution < 1.29 is 14.4 Å². The van der Waals surface area contributed by atoms with Crippen molar-refractivity contribution in [2.75, 3.05) is 0 Å². The van der Waals surface area contributed by atoms with Crippen LogP contribution in [0.5, 0.6) is 0 Å². The van der Waals surface area contributed by atoms with Crippen molar-refractivity contribution in [3.05, 3.63) is 41.2 Å². The fourth-order valence-electron chi connectivity index (χ4n) is 2.10. The van der Waals surface area contributed by atoms with E-state index in [0.717, 1.165) is 12.0 Å². The monoisotopic (exact) mass is 273 g/mol. The van der Waals surface area contributed by atoms with Crippen molar-refractivity contribution in [3.8, 4) is 11.3 Å². The number of rotatable bonds is 3. The van der Waals surface area contributed by atoms with Crippen LogP contribution in [-0.4, -0.2) is 16.2 Å². The van der Waals surface area contributed by atoms with Crippen LogP contribution < -0.4 is 0 Å². The van der Waals surface area contributed by atoms with Crippen molar-refractivity contribution in [1.29, 1.82) is 0 Å². The molecule has 0 saturated heterocycles. The molecule has 4 nitrogen and oxygen atoms in total. The molecule has 1 aromatic heterocycles. The molecule has 0 atom stereocenters. The first-order valence-electron chi connectivity index (χ1n) is 6.67. The predicted molar refractivity (Wildman–Crippen MR) is 77.0 cm³/mol. The lowest BCUT2D eigenvalue weighted by Crippen LogP contribution is -2.15. The van der Waals surface area contributed by atoms with Crippen LogP contribution in [0.4, 0.5) is 0 Å². The van der Waals surface area contributed by atoms with Crippen LogP contribution in [0.25, 0.3) is 11.3 Å². The maximum Gasteiger partial charge on any atom is 0.341 e. The zero-order valence-electron chi connectivity index (χ0n) is 12.2. The molecule has 2 rings (SSSR count). The topological polar surface area (TPSA) is 63.3 Å². The second-order valence-electron chi connectivity index (χ2n) is 5.84. The van der Waals surface area contributed by atoms with Crippen LogP contribution >= 0.6 is 0 Å². The molecular formula is C16H19NO3. The van der Waals surface area contributed by atoms with Gasteiger partial charge >= 0.3 is 5.97 Å². The minimum atomic E-state index is -1.01. The number of hydrogen-bond acceptors (Lipinski definition) is 3. The Morgan fingerprint density at radius 1 is 1.25 bits per heavy atom. The normalized spacial score (nSPS) is 11.6. The molecule has 0 bridgehead atoms. The Hall–Kier alpha value is -2.10. The van der Waals surface area contributed by atoms with E-state index >= 15 is 0 Å². The van der Waals surface area contributed by atoms with E-state index in [1.165, 1.54) is 5.56 Å². The number of benzene rings is 1. The summed E-state index contributed by atoms with van der Waals surface area (Å²) in [5.74, 6) is -0.606. The second-order valence-corrected chi connectivity index (χ2v) is 5.84. The molecule has 20 heavy (non-hydrogen) atoms. The third-order valence-electron chi connectivity index (χ3n) is 3.22. The zero-order valence-corrected chi connectivity index (χ0v) is 12.2. The molecule has 0 unspecified atom stereocenters. The van der Waals surface area contributed by atoms with Crippen LogP contribution in [0.15, 0.2) is 28.8 Å². The Morgan fingerprint density at radius 2 is 1.85 bits per heavy atom. The molecule has 0 aliphatic heterocycles. The number of aromatic carboxylic acids is 1. The van der Waals surface area contributed by atoms with Crippen molar-refractivity contribution in [2.24, 2.45) is 0 Å². The summed E-state index contributed by atoms with van der Waals surface area (Å²) in [7, 11) is 0. The lowest BCUT2D eigenvalue weighted by atomic mass is 9.89. The van der Waals surface area contributed by atoms with Gasteiger partial charge in [0.2, 0.25) is 0 Å². The van der Waals surface area contributed by atoms with Crippen LogP contribution in [0.2, 0.25) is 0 Å². The summed E-state index contributed by atoms with van der Waals surface area (Å²) in [6.45, 7) is 7.79. The number of carboxylic acid groups (broad SMARTS) is 1. The van der Waals surface area contributed by atoms with Crippen LogP contribution in [0.3, 0.4) is 0 Å². The average molecular weight is 273 g/mol. The maximum absolute atomic E-state index is 11.5. The molecule has 1 aromatic carbocycles. The Kier molecular flexibility index (Phi) is 3.66. The van der Waals surface area contributed by atoms with E-state index in [2.05, 4.69) is 12.1 Å². The summed E-state index contributed by atoms with van der Waals surface area (Å²) < 4.78 is 5.30.